The van der Waals surface area contributed by atoms with Crippen LogP contribution in [0.4, 0.5) is 4.79 Å². The third kappa shape index (κ3) is 1.91. The zero-order valence-corrected chi connectivity index (χ0v) is 8.39. The van der Waals surface area contributed by atoms with E-state index >= 15 is 0 Å². The van der Waals surface area contributed by atoms with Gasteiger partial charge in [-0.2, -0.15) is 4.99 Å². The maximum Gasteiger partial charge on any atom is 0.346 e. The standard InChI is InChI=1S/C7H13N3OS/c1-4-10-5-12-7(9(2)3)8-6(10)11/h4-5H2,1-3H3. The Bertz CT molecular complexity index is 215. The van der Waals surface area contributed by atoms with Crippen LogP contribution in [0.25, 0.3) is 0 Å². The topological polar surface area (TPSA) is 35.9 Å². The van der Waals surface area contributed by atoms with Crippen LogP contribution in [0.5, 0.6) is 0 Å². The third-order valence-corrected chi connectivity index (χ3v) is 2.73. The lowest BCUT2D eigenvalue weighted by atomic mass is 10.6. The van der Waals surface area contributed by atoms with Crippen molar-refractivity contribution >= 4 is 23.0 Å². The van der Waals surface area contributed by atoms with Crippen LogP contribution < -0.4 is 0 Å². The molecule has 2 amide bonds. The van der Waals surface area contributed by atoms with Crippen LogP contribution in [0.1, 0.15) is 6.92 Å². The molecular formula is C7H13N3OS. The van der Waals surface area contributed by atoms with Crippen LogP contribution in [0.3, 0.4) is 0 Å². The van der Waals surface area contributed by atoms with Crippen LogP contribution in [0, 0.1) is 0 Å². The molecule has 0 radical (unpaired) electrons. The van der Waals surface area contributed by atoms with Crippen molar-refractivity contribution in [2.75, 3.05) is 26.5 Å². The monoisotopic (exact) mass is 187 g/mol. The number of hydrogen-bond donors (Lipinski definition) is 0. The lowest BCUT2D eigenvalue weighted by molar-refractivity contribution is 0.218. The fourth-order valence-corrected chi connectivity index (χ4v) is 1.80. The van der Waals surface area contributed by atoms with Crippen molar-refractivity contribution in [2.24, 2.45) is 4.99 Å². The quantitative estimate of drug-likeness (QED) is 0.615. The Morgan fingerprint density at radius 2 is 2.33 bits per heavy atom. The van der Waals surface area contributed by atoms with Crippen molar-refractivity contribution in [2.45, 2.75) is 6.92 Å². The van der Waals surface area contributed by atoms with Crippen molar-refractivity contribution in [3.05, 3.63) is 0 Å². The van der Waals surface area contributed by atoms with E-state index in [0.717, 1.165) is 11.7 Å². The molecule has 0 aliphatic carbocycles. The molecule has 0 unspecified atom stereocenters. The molecule has 0 fully saturated rings. The van der Waals surface area contributed by atoms with E-state index in [1.54, 1.807) is 16.7 Å². The van der Waals surface area contributed by atoms with Gasteiger partial charge in [0.2, 0.25) is 0 Å². The van der Waals surface area contributed by atoms with Crippen LogP contribution in [0.2, 0.25) is 0 Å². The molecule has 4 nitrogen and oxygen atoms in total. The predicted molar refractivity (Wildman–Crippen MR) is 51.4 cm³/mol. The SMILES string of the molecule is CCN1CSC(N(C)C)=NC1=O. The number of carbonyl (C=O) groups is 1. The summed E-state index contributed by atoms with van der Waals surface area (Å²) in [6.45, 7) is 2.69. The number of nitrogens with zero attached hydrogens (tertiary/aromatic N) is 3. The van der Waals surface area contributed by atoms with Gasteiger partial charge >= 0.3 is 6.03 Å². The first-order chi connectivity index (χ1) is 5.65. The molecule has 0 saturated carbocycles. The van der Waals surface area contributed by atoms with Gasteiger partial charge in [0, 0.05) is 20.6 Å². The number of rotatable bonds is 1. The lowest BCUT2D eigenvalue weighted by Crippen LogP contribution is -2.35. The molecule has 0 aromatic rings. The summed E-state index contributed by atoms with van der Waals surface area (Å²) >= 11 is 1.59. The smallest absolute Gasteiger partial charge is 0.346 e. The van der Waals surface area contributed by atoms with Crippen LogP contribution in [-0.4, -0.2) is 47.5 Å². The van der Waals surface area contributed by atoms with Gasteiger partial charge in [0.1, 0.15) is 0 Å². The van der Waals surface area contributed by atoms with Gasteiger partial charge in [-0.15, -0.1) is 0 Å². The summed E-state index contributed by atoms with van der Waals surface area (Å²) in [7, 11) is 3.78. The number of aliphatic imine (C=N–C) groups is 1. The molecule has 0 aromatic heterocycles. The molecule has 0 saturated heterocycles. The van der Waals surface area contributed by atoms with E-state index in [0.29, 0.717) is 5.88 Å². The molecule has 0 atom stereocenters. The molecule has 0 N–H and O–H groups in total. The summed E-state index contributed by atoms with van der Waals surface area (Å²) in [5.74, 6) is 0.715. The van der Waals surface area contributed by atoms with Gasteiger partial charge in [0.25, 0.3) is 0 Å². The Morgan fingerprint density at radius 3 is 2.75 bits per heavy atom. The minimum atomic E-state index is -0.125. The Labute approximate surface area is 76.6 Å². The van der Waals surface area contributed by atoms with Crippen molar-refractivity contribution in [1.82, 2.24) is 9.80 Å². The number of amidine groups is 1. The molecule has 0 spiro atoms. The molecule has 1 heterocycles. The van der Waals surface area contributed by atoms with Crippen molar-refractivity contribution < 1.29 is 4.79 Å². The number of urea groups is 1. The average molecular weight is 187 g/mol. The molecule has 1 aliphatic rings. The fourth-order valence-electron chi connectivity index (χ4n) is 0.831. The fraction of sp³-hybridized carbons (Fsp3) is 0.714. The predicted octanol–water partition coefficient (Wildman–Crippen LogP) is 1.05. The van der Waals surface area contributed by atoms with Crippen LogP contribution in [0.15, 0.2) is 4.99 Å². The van der Waals surface area contributed by atoms with E-state index in [1.165, 1.54) is 0 Å². The van der Waals surface area contributed by atoms with E-state index < -0.39 is 0 Å². The highest BCUT2D eigenvalue weighted by Gasteiger charge is 2.19. The highest BCUT2D eigenvalue weighted by atomic mass is 32.2. The zero-order chi connectivity index (χ0) is 9.14. The molecule has 12 heavy (non-hydrogen) atoms. The molecule has 0 aromatic carbocycles. The number of hydrogen-bond acceptors (Lipinski definition) is 3. The normalized spacial score (nSPS) is 17.8. The zero-order valence-electron chi connectivity index (χ0n) is 7.57. The van der Waals surface area contributed by atoms with Gasteiger partial charge in [-0.1, -0.05) is 11.8 Å². The Hall–Kier alpha value is -0.710. The first-order valence-electron chi connectivity index (χ1n) is 3.83. The summed E-state index contributed by atoms with van der Waals surface area (Å²) in [6.07, 6.45) is 0. The van der Waals surface area contributed by atoms with Crippen LogP contribution in [-0.2, 0) is 0 Å². The summed E-state index contributed by atoms with van der Waals surface area (Å²) in [6, 6.07) is -0.125. The van der Waals surface area contributed by atoms with Gasteiger partial charge < -0.3 is 9.80 Å². The van der Waals surface area contributed by atoms with Crippen molar-refractivity contribution in [3.63, 3.8) is 0 Å². The molecule has 68 valence electrons. The van der Waals surface area contributed by atoms with Crippen molar-refractivity contribution in [3.8, 4) is 0 Å². The number of amides is 2. The number of thioether (sulfide) groups is 1. The first-order valence-corrected chi connectivity index (χ1v) is 4.81. The van der Waals surface area contributed by atoms with E-state index in [4.69, 9.17) is 0 Å². The Morgan fingerprint density at radius 1 is 1.67 bits per heavy atom. The van der Waals surface area contributed by atoms with Gasteiger partial charge in [-0.25, -0.2) is 4.79 Å². The summed E-state index contributed by atoms with van der Waals surface area (Å²) in [5, 5.41) is 0.796. The molecule has 1 rings (SSSR count). The first kappa shape index (κ1) is 9.38. The maximum absolute atomic E-state index is 11.2. The Balaban J connectivity index is 2.68. The second-order valence-electron chi connectivity index (χ2n) is 2.70. The second-order valence-corrected chi connectivity index (χ2v) is 3.61. The van der Waals surface area contributed by atoms with E-state index in [1.807, 2.05) is 25.9 Å². The van der Waals surface area contributed by atoms with E-state index in [2.05, 4.69) is 4.99 Å². The molecular weight excluding hydrogens is 174 g/mol. The minimum Gasteiger partial charge on any atom is -0.357 e. The summed E-state index contributed by atoms with van der Waals surface area (Å²) in [4.78, 5) is 18.7. The van der Waals surface area contributed by atoms with Gasteiger partial charge in [-0.05, 0) is 6.92 Å². The minimum absolute atomic E-state index is 0.125. The van der Waals surface area contributed by atoms with Gasteiger partial charge in [-0.3, -0.25) is 0 Å². The van der Waals surface area contributed by atoms with Crippen molar-refractivity contribution in [1.29, 1.82) is 0 Å². The van der Waals surface area contributed by atoms with E-state index in [-0.39, 0.29) is 6.03 Å². The molecule has 0 bridgehead atoms. The largest absolute Gasteiger partial charge is 0.357 e. The highest BCUT2D eigenvalue weighted by molar-refractivity contribution is 8.13. The number of carbonyl (C=O) groups excluding carboxylic acids is 1. The van der Waals surface area contributed by atoms with E-state index in [9.17, 15) is 4.79 Å². The summed E-state index contributed by atoms with van der Waals surface area (Å²) < 4.78 is 0. The lowest BCUT2D eigenvalue weighted by Gasteiger charge is -2.25. The van der Waals surface area contributed by atoms with Crippen LogP contribution >= 0.6 is 11.8 Å². The molecule has 1 aliphatic heterocycles. The summed E-state index contributed by atoms with van der Waals surface area (Å²) in [5.41, 5.74) is 0. The maximum atomic E-state index is 11.2. The Kier molecular flexibility index (Phi) is 2.97. The second kappa shape index (κ2) is 3.80. The van der Waals surface area contributed by atoms with Gasteiger partial charge in [0.05, 0.1) is 5.88 Å². The third-order valence-electron chi connectivity index (χ3n) is 1.58. The van der Waals surface area contributed by atoms with Gasteiger partial charge in [0.15, 0.2) is 5.17 Å². The highest BCUT2D eigenvalue weighted by Crippen LogP contribution is 2.15. The molecule has 5 heteroatoms. The average Bonchev–Trinajstić information content (AvgIpc) is 2.04.